The zero-order chi connectivity index (χ0) is 28.1. The maximum absolute atomic E-state index is 9.34. The van der Waals surface area contributed by atoms with Gasteiger partial charge in [-0.15, -0.1) is 0 Å². The first-order valence-corrected chi connectivity index (χ1v) is 13.6. The van der Waals surface area contributed by atoms with Crippen LogP contribution in [0.15, 0.2) is 28.1 Å². The number of hydrogen-bond acceptors (Lipinski definition) is 10. The van der Waals surface area contributed by atoms with Crippen LogP contribution in [0.5, 0.6) is 0 Å². The summed E-state index contributed by atoms with van der Waals surface area (Å²) in [4.78, 5) is 26.7. The Bertz CT molecular complexity index is 869. The first-order valence-electron chi connectivity index (χ1n) is 12.8. The van der Waals surface area contributed by atoms with Crippen molar-refractivity contribution in [1.82, 2.24) is 14.9 Å². The lowest BCUT2D eigenvalue weighted by atomic mass is 9.79. The van der Waals surface area contributed by atoms with Gasteiger partial charge in [0.15, 0.2) is 0 Å². The molecule has 3 heterocycles. The molecule has 0 aliphatic carbocycles. The van der Waals surface area contributed by atoms with Gasteiger partial charge in [0.25, 0.3) is 6.47 Å². The van der Waals surface area contributed by atoms with Gasteiger partial charge < -0.3 is 28.9 Å². The van der Waals surface area contributed by atoms with E-state index in [0.717, 1.165) is 41.1 Å². The van der Waals surface area contributed by atoms with Gasteiger partial charge in [-0.3, -0.25) is 9.69 Å². The Morgan fingerprint density at radius 2 is 1.84 bits per heavy atom. The molecule has 11 heteroatoms. The van der Waals surface area contributed by atoms with Crippen LogP contribution in [0.1, 0.15) is 60.8 Å². The number of carbonyl (C=O) groups is 2. The molecule has 37 heavy (non-hydrogen) atoms. The number of fused-ring (bicyclic) bond motifs is 1. The summed E-state index contributed by atoms with van der Waals surface area (Å²) in [5, 5.41) is 2.65. The Morgan fingerprint density at radius 1 is 1.24 bits per heavy atom. The Morgan fingerprint density at radius 3 is 2.27 bits per heavy atom. The number of nitrogens with one attached hydrogen (secondary N) is 2. The molecule has 208 valence electrons. The van der Waals surface area contributed by atoms with Crippen molar-refractivity contribution in [1.29, 1.82) is 0 Å². The topological polar surface area (TPSA) is 101 Å². The predicted octanol–water partition coefficient (Wildman–Crippen LogP) is 3.33. The summed E-state index contributed by atoms with van der Waals surface area (Å²) in [6.45, 7) is 14.5. The molecule has 0 amide bonds. The summed E-state index contributed by atoms with van der Waals surface area (Å²) in [5.74, 6) is 1.06. The van der Waals surface area contributed by atoms with Gasteiger partial charge in [0.05, 0.1) is 41.5 Å². The molecule has 2 N–H and O–H groups in total. The zero-order valence-electron chi connectivity index (χ0n) is 23.9. The number of likely N-dealkylation sites (tertiary alicyclic amines) is 1. The van der Waals surface area contributed by atoms with E-state index in [-0.39, 0.29) is 18.3 Å². The van der Waals surface area contributed by atoms with Gasteiger partial charge in [-0.2, -0.15) is 0 Å². The lowest BCUT2D eigenvalue weighted by molar-refractivity contribution is -0.126. The van der Waals surface area contributed by atoms with Crippen molar-refractivity contribution in [3.8, 4) is 0 Å². The monoisotopic (exact) mass is 536 g/mol. The summed E-state index contributed by atoms with van der Waals surface area (Å²) in [7, 11) is 4.87. The summed E-state index contributed by atoms with van der Waals surface area (Å²) < 4.78 is 19.7. The number of carbonyl (C=O) groups excluding carboxylic acids is 2. The first kappa shape index (κ1) is 33.1. The van der Waals surface area contributed by atoms with Crippen molar-refractivity contribution in [3.63, 3.8) is 0 Å². The fourth-order valence-corrected chi connectivity index (χ4v) is 4.32. The fourth-order valence-electron chi connectivity index (χ4n) is 3.58. The Labute approximate surface area is 227 Å². The Kier molecular flexibility index (Phi) is 14.4. The average molecular weight is 537 g/mol. The third-order valence-corrected chi connectivity index (χ3v) is 7.11. The number of hydrogen-bond donors (Lipinski definition) is 2. The predicted molar refractivity (Wildman–Crippen MR) is 153 cm³/mol. The molecule has 0 saturated carbocycles. The second kappa shape index (κ2) is 16.1. The summed E-state index contributed by atoms with van der Waals surface area (Å²) in [5.41, 5.74) is 1.38. The number of aldehydes is 1. The Hall–Kier alpha value is -1.92. The van der Waals surface area contributed by atoms with Crippen molar-refractivity contribution in [3.05, 3.63) is 18.2 Å². The van der Waals surface area contributed by atoms with Crippen LogP contribution in [-0.4, -0.2) is 82.2 Å². The molecule has 3 aliphatic rings. The molecule has 0 aromatic heterocycles. The SMILES string of the molecule is CCC.CN1CCC[C@H]1C1=Nc2cc(B3OC(C)(C)C(C)(C)O3)ccc2SN1.CNCC=O.COC=O. The smallest absolute Gasteiger partial charge is 0.471 e. The molecular weight excluding hydrogens is 491 g/mol. The van der Waals surface area contributed by atoms with E-state index in [0.29, 0.717) is 19.1 Å². The maximum atomic E-state index is 9.34. The molecule has 0 bridgehead atoms. The lowest BCUT2D eigenvalue weighted by Gasteiger charge is -2.32. The van der Waals surface area contributed by atoms with Gasteiger partial charge in [-0.25, -0.2) is 4.99 Å². The minimum atomic E-state index is -0.344. The maximum Gasteiger partial charge on any atom is 0.494 e. The highest BCUT2D eigenvalue weighted by Gasteiger charge is 2.51. The highest BCUT2D eigenvalue weighted by Crippen LogP contribution is 2.38. The molecule has 0 unspecified atom stereocenters. The number of nitrogens with zero attached hydrogens (tertiary/aromatic N) is 2. The number of aliphatic imine (C=N–C) groups is 1. The van der Waals surface area contributed by atoms with Crippen LogP contribution in [0.2, 0.25) is 0 Å². The van der Waals surface area contributed by atoms with Crippen LogP contribution in [-0.2, 0) is 23.6 Å². The number of ether oxygens (including phenoxy) is 1. The standard InChI is InChI=1S/C18H26BN3O2S.C3H7NO.C3H8.C2H4O2/c1-17(2)18(3,4)24-19(23-17)12-8-9-15-13(11-12)20-16(21-25-15)14-7-6-10-22(14)5;1-4-2-3-5;1-3-2;1-4-2-3/h8-9,11,14H,6-7,10H2,1-5H3,(H,20,21);3-4H,2H2,1H3;3H2,1-2H3;2H,1H3/t14-;;;/m0.../s1. The van der Waals surface area contributed by atoms with E-state index >= 15 is 0 Å². The van der Waals surface area contributed by atoms with Gasteiger partial charge in [0, 0.05) is 0 Å². The number of amidine groups is 1. The quantitative estimate of drug-likeness (QED) is 0.333. The molecule has 1 atom stereocenters. The van der Waals surface area contributed by atoms with Crippen LogP contribution < -0.4 is 15.5 Å². The first-order chi connectivity index (χ1) is 17.5. The van der Waals surface area contributed by atoms with Crippen molar-refractivity contribution in [2.45, 2.75) is 82.9 Å². The molecular formula is C26H45BN4O5S. The fraction of sp³-hybridized carbons (Fsp3) is 0.654. The summed E-state index contributed by atoms with van der Waals surface area (Å²) >= 11 is 1.65. The van der Waals surface area contributed by atoms with E-state index in [9.17, 15) is 4.79 Å². The van der Waals surface area contributed by atoms with Crippen molar-refractivity contribution >= 4 is 48.8 Å². The molecule has 0 spiro atoms. The molecule has 2 fully saturated rings. The number of benzene rings is 1. The minimum Gasteiger partial charge on any atom is -0.471 e. The molecule has 0 radical (unpaired) electrons. The Balaban J connectivity index is 0.000000482. The van der Waals surface area contributed by atoms with Gasteiger partial charge in [-0.05, 0) is 90.7 Å². The van der Waals surface area contributed by atoms with Gasteiger partial charge in [0.2, 0.25) is 0 Å². The van der Waals surface area contributed by atoms with E-state index in [2.05, 4.69) is 86.5 Å². The van der Waals surface area contributed by atoms with E-state index in [1.54, 1.807) is 19.0 Å². The van der Waals surface area contributed by atoms with Crippen LogP contribution >= 0.6 is 11.9 Å². The molecule has 1 aromatic rings. The summed E-state index contributed by atoms with van der Waals surface area (Å²) in [6, 6.07) is 6.69. The number of likely N-dealkylation sites (N-methyl/N-ethyl adjacent to an activating group) is 2. The lowest BCUT2D eigenvalue weighted by Crippen LogP contribution is -2.41. The summed E-state index contributed by atoms with van der Waals surface area (Å²) in [6.07, 6.45) is 4.46. The highest BCUT2D eigenvalue weighted by molar-refractivity contribution is 7.98. The van der Waals surface area contributed by atoms with Crippen LogP contribution in [0.3, 0.4) is 0 Å². The highest BCUT2D eigenvalue weighted by atomic mass is 32.2. The molecule has 2 saturated heterocycles. The van der Waals surface area contributed by atoms with E-state index in [1.165, 1.54) is 20.0 Å². The number of methoxy groups -OCH3 is 1. The molecule has 3 aliphatic heterocycles. The van der Waals surface area contributed by atoms with Crippen LogP contribution in [0.4, 0.5) is 5.69 Å². The zero-order valence-corrected chi connectivity index (χ0v) is 24.7. The normalized spacial score (nSPS) is 20.8. The third-order valence-electron chi connectivity index (χ3n) is 6.23. The number of rotatable bonds is 5. The van der Waals surface area contributed by atoms with Gasteiger partial charge in [-0.1, -0.05) is 26.3 Å². The molecule has 1 aromatic carbocycles. The van der Waals surface area contributed by atoms with Gasteiger partial charge >= 0.3 is 7.12 Å². The van der Waals surface area contributed by atoms with Gasteiger partial charge in [0.1, 0.15) is 12.1 Å². The second-order valence-electron chi connectivity index (χ2n) is 9.92. The molecule has 9 nitrogen and oxygen atoms in total. The van der Waals surface area contributed by atoms with Crippen molar-refractivity contribution < 1.29 is 23.6 Å². The average Bonchev–Trinajstić information content (AvgIpc) is 3.38. The van der Waals surface area contributed by atoms with E-state index in [4.69, 9.17) is 19.1 Å². The van der Waals surface area contributed by atoms with Crippen molar-refractivity contribution in [2.75, 3.05) is 34.3 Å². The van der Waals surface area contributed by atoms with E-state index in [1.807, 2.05) is 0 Å². The van der Waals surface area contributed by atoms with Crippen molar-refractivity contribution in [2.24, 2.45) is 4.99 Å². The second-order valence-corrected chi connectivity index (χ2v) is 10.8. The van der Waals surface area contributed by atoms with E-state index < -0.39 is 0 Å². The van der Waals surface area contributed by atoms with Crippen LogP contribution in [0, 0.1) is 0 Å². The largest absolute Gasteiger partial charge is 0.494 e. The van der Waals surface area contributed by atoms with Crippen LogP contribution in [0.25, 0.3) is 0 Å². The molecule has 4 rings (SSSR count). The minimum absolute atomic E-state index is 0.329. The third kappa shape index (κ3) is 9.72.